The van der Waals surface area contributed by atoms with Gasteiger partial charge in [0.2, 0.25) is 5.91 Å². The fourth-order valence-electron chi connectivity index (χ4n) is 1.45. The van der Waals surface area contributed by atoms with Crippen molar-refractivity contribution in [1.82, 2.24) is 4.90 Å². The summed E-state index contributed by atoms with van der Waals surface area (Å²) in [6, 6.07) is 0. The molecule has 1 saturated heterocycles. The molecule has 1 aliphatic rings. The number of carbonyl (C=O) groups excluding carboxylic acids is 1. The predicted molar refractivity (Wildman–Crippen MR) is 58.5 cm³/mol. The third-order valence-corrected chi connectivity index (χ3v) is 3.56. The fraction of sp³-hybridized carbons (Fsp3) is 0.889. The van der Waals surface area contributed by atoms with E-state index in [0.29, 0.717) is 9.33 Å². The number of amides is 1. The SMILES string of the molecule is CN1CCC(C)(I)CCCC1=O. The molecule has 0 bridgehead atoms. The Morgan fingerprint density at radius 3 is 2.83 bits per heavy atom. The molecule has 0 aromatic rings. The maximum absolute atomic E-state index is 11.3. The van der Waals surface area contributed by atoms with E-state index in [9.17, 15) is 4.79 Å². The van der Waals surface area contributed by atoms with Crippen LogP contribution in [0.1, 0.15) is 32.6 Å². The summed E-state index contributed by atoms with van der Waals surface area (Å²) in [7, 11) is 1.90. The lowest BCUT2D eigenvalue weighted by atomic mass is 9.98. The molecule has 2 nitrogen and oxygen atoms in total. The van der Waals surface area contributed by atoms with Crippen molar-refractivity contribution in [1.29, 1.82) is 0 Å². The number of rotatable bonds is 0. The van der Waals surface area contributed by atoms with Crippen LogP contribution in [0.25, 0.3) is 0 Å². The summed E-state index contributed by atoms with van der Waals surface area (Å²) in [6.07, 6.45) is 4.07. The summed E-state index contributed by atoms with van der Waals surface area (Å²) >= 11 is 2.51. The van der Waals surface area contributed by atoms with Crippen LogP contribution in [0.2, 0.25) is 0 Å². The minimum atomic E-state index is 0.307. The number of hydrogen-bond donors (Lipinski definition) is 0. The normalized spacial score (nSPS) is 32.9. The van der Waals surface area contributed by atoms with Crippen LogP contribution >= 0.6 is 22.6 Å². The van der Waals surface area contributed by atoms with Gasteiger partial charge in [-0.2, -0.15) is 0 Å². The van der Waals surface area contributed by atoms with Crippen LogP contribution in [0.4, 0.5) is 0 Å². The number of alkyl halides is 1. The molecule has 1 unspecified atom stereocenters. The highest BCUT2D eigenvalue weighted by Gasteiger charge is 2.24. The van der Waals surface area contributed by atoms with Gasteiger partial charge in [0.15, 0.2) is 0 Å². The van der Waals surface area contributed by atoms with Crippen LogP contribution in [0.15, 0.2) is 0 Å². The van der Waals surface area contributed by atoms with Gasteiger partial charge < -0.3 is 4.90 Å². The summed E-state index contributed by atoms with van der Waals surface area (Å²) in [5.74, 6) is 0.307. The summed E-state index contributed by atoms with van der Waals surface area (Å²) in [5.41, 5.74) is 0. The maximum atomic E-state index is 11.3. The van der Waals surface area contributed by atoms with Crippen molar-refractivity contribution in [2.45, 2.75) is 36.0 Å². The number of nitrogens with zero attached hydrogens (tertiary/aromatic N) is 1. The molecule has 1 fully saturated rings. The lowest BCUT2D eigenvalue weighted by Gasteiger charge is -2.29. The Morgan fingerprint density at radius 2 is 2.17 bits per heavy atom. The Labute approximate surface area is 87.8 Å². The molecule has 0 saturated carbocycles. The minimum Gasteiger partial charge on any atom is -0.346 e. The van der Waals surface area contributed by atoms with E-state index in [1.807, 2.05) is 11.9 Å². The van der Waals surface area contributed by atoms with E-state index in [1.54, 1.807) is 0 Å². The van der Waals surface area contributed by atoms with Crippen LogP contribution < -0.4 is 0 Å². The van der Waals surface area contributed by atoms with Crippen LogP contribution in [0.5, 0.6) is 0 Å². The monoisotopic (exact) mass is 281 g/mol. The Balaban J connectivity index is 2.52. The van der Waals surface area contributed by atoms with Gasteiger partial charge in [0, 0.05) is 23.4 Å². The second kappa shape index (κ2) is 3.94. The first-order chi connectivity index (χ1) is 5.51. The van der Waals surface area contributed by atoms with Gasteiger partial charge in [-0.15, -0.1) is 0 Å². The van der Waals surface area contributed by atoms with Crippen molar-refractivity contribution in [2.24, 2.45) is 0 Å². The molecule has 0 spiro atoms. The topological polar surface area (TPSA) is 20.3 Å². The largest absolute Gasteiger partial charge is 0.346 e. The van der Waals surface area contributed by atoms with Crippen LogP contribution in [0.3, 0.4) is 0 Å². The van der Waals surface area contributed by atoms with Gasteiger partial charge in [-0.05, 0) is 19.3 Å². The van der Waals surface area contributed by atoms with E-state index in [0.717, 1.165) is 25.8 Å². The smallest absolute Gasteiger partial charge is 0.222 e. The summed E-state index contributed by atoms with van der Waals surface area (Å²) in [5, 5.41) is 0. The number of hydrogen-bond acceptors (Lipinski definition) is 1. The van der Waals surface area contributed by atoms with Gasteiger partial charge in [-0.3, -0.25) is 4.79 Å². The van der Waals surface area contributed by atoms with E-state index in [1.165, 1.54) is 6.42 Å². The van der Waals surface area contributed by atoms with E-state index in [2.05, 4.69) is 29.5 Å². The molecule has 0 aliphatic carbocycles. The molecule has 0 radical (unpaired) electrons. The molecule has 1 heterocycles. The van der Waals surface area contributed by atoms with Gasteiger partial charge in [-0.1, -0.05) is 29.5 Å². The summed E-state index contributed by atoms with van der Waals surface area (Å²) in [6.45, 7) is 3.19. The number of likely N-dealkylation sites (tertiary alicyclic amines) is 1. The summed E-state index contributed by atoms with van der Waals surface area (Å²) < 4.78 is 0.396. The van der Waals surface area contributed by atoms with Gasteiger partial charge >= 0.3 is 0 Å². The van der Waals surface area contributed by atoms with Crippen molar-refractivity contribution in [2.75, 3.05) is 13.6 Å². The molecule has 1 atom stereocenters. The van der Waals surface area contributed by atoms with E-state index >= 15 is 0 Å². The third kappa shape index (κ3) is 2.92. The molecular formula is C9H16INO. The van der Waals surface area contributed by atoms with Crippen LogP contribution in [0, 0.1) is 0 Å². The van der Waals surface area contributed by atoms with Gasteiger partial charge in [0.05, 0.1) is 0 Å². The molecule has 0 N–H and O–H groups in total. The van der Waals surface area contributed by atoms with Crippen molar-refractivity contribution in [3.63, 3.8) is 0 Å². The first-order valence-electron chi connectivity index (χ1n) is 4.44. The Bertz CT molecular complexity index is 179. The number of halogens is 1. The predicted octanol–water partition coefficient (Wildman–Crippen LogP) is 2.21. The molecule has 12 heavy (non-hydrogen) atoms. The highest BCUT2D eigenvalue weighted by molar-refractivity contribution is 14.1. The average molecular weight is 281 g/mol. The molecule has 0 aromatic heterocycles. The quantitative estimate of drug-likeness (QED) is 0.492. The van der Waals surface area contributed by atoms with Gasteiger partial charge in [0.1, 0.15) is 0 Å². The van der Waals surface area contributed by atoms with Crippen molar-refractivity contribution in [3.8, 4) is 0 Å². The summed E-state index contributed by atoms with van der Waals surface area (Å²) in [4.78, 5) is 13.2. The maximum Gasteiger partial charge on any atom is 0.222 e. The zero-order valence-corrected chi connectivity index (χ0v) is 9.93. The van der Waals surface area contributed by atoms with E-state index < -0.39 is 0 Å². The standard InChI is InChI=1S/C9H16INO/c1-9(10)5-3-4-8(12)11(2)7-6-9/h3-7H2,1-2H3. The molecule has 1 amide bonds. The van der Waals surface area contributed by atoms with Crippen molar-refractivity contribution < 1.29 is 4.79 Å². The van der Waals surface area contributed by atoms with E-state index in [-0.39, 0.29) is 0 Å². The number of carbonyl (C=O) groups is 1. The molecule has 1 aliphatic heterocycles. The lowest BCUT2D eigenvalue weighted by Crippen LogP contribution is -2.34. The molecule has 1 rings (SSSR count). The highest BCUT2D eigenvalue weighted by Crippen LogP contribution is 2.30. The highest BCUT2D eigenvalue weighted by atomic mass is 127. The van der Waals surface area contributed by atoms with Crippen LogP contribution in [-0.2, 0) is 4.79 Å². The van der Waals surface area contributed by atoms with Crippen molar-refractivity contribution in [3.05, 3.63) is 0 Å². The first kappa shape index (κ1) is 10.3. The molecule has 3 heteroatoms. The second-order valence-corrected chi connectivity index (χ2v) is 6.44. The second-order valence-electron chi connectivity index (χ2n) is 3.83. The molecular weight excluding hydrogens is 265 g/mol. The Kier molecular flexibility index (Phi) is 3.37. The Morgan fingerprint density at radius 1 is 1.50 bits per heavy atom. The molecule has 70 valence electrons. The van der Waals surface area contributed by atoms with Crippen LogP contribution in [-0.4, -0.2) is 27.8 Å². The minimum absolute atomic E-state index is 0.307. The van der Waals surface area contributed by atoms with Gasteiger partial charge in [0.25, 0.3) is 0 Å². The first-order valence-corrected chi connectivity index (χ1v) is 5.52. The molecule has 0 aromatic carbocycles. The van der Waals surface area contributed by atoms with E-state index in [4.69, 9.17) is 0 Å². The zero-order chi connectivity index (χ0) is 9.19. The van der Waals surface area contributed by atoms with Gasteiger partial charge in [-0.25, -0.2) is 0 Å². The average Bonchev–Trinajstić information content (AvgIpc) is 1.98. The fourth-order valence-corrected chi connectivity index (χ4v) is 2.07. The zero-order valence-electron chi connectivity index (χ0n) is 7.77. The Hall–Kier alpha value is 0.200. The lowest BCUT2D eigenvalue weighted by molar-refractivity contribution is -0.130. The third-order valence-electron chi connectivity index (χ3n) is 2.48. The van der Waals surface area contributed by atoms with Crippen molar-refractivity contribution >= 4 is 28.5 Å².